The van der Waals surface area contributed by atoms with Gasteiger partial charge in [0.2, 0.25) is 5.88 Å². The summed E-state index contributed by atoms with van der Waals surface area (Å²) in [4.78, 5) is 3.64. The number of rotatable bonds is 3. The number of hydrogen-bond donors (Lipinski definition) is 0. The van der Waals surface area contributed by atoms with Crippen LogP contribution < -0.4 is 4.74 Å². The Balaban J connectivity index is 3.25. The Kier molecular flexibility index (Phi) is 3.81. The molecule has 0 saturated carbocycles. The molecule has 0 bridgehead atoms. The Morgan fingerprint density at radius 1 is 1.67 bits per heavy atom. The van der Waals surface area contributed by atoms with Crippen LogP contribution in [-0.2, 0) is 6.42 Å². The zero-order valence-electron chi connectivity index (χ0n) is 7.80. The van der Waals surface area contributed by atoms with E-state index in [0.29, 0.717) is 5.56 Å². The minimum atomic E-state index is -2.71. The van der Waals surface area contributed by atoms with Crippen molar-refractivity contribution < 1.29 is 13.5 Å². The summed E-state index contributed by atoms with van der Waals surface area (Å²) >= 11 is 5.52. The van der Waals surface area contributed by atoms with Crippen molar-refractivity contribution in [3.05, 3.63) is 22.3 Å². The van der Waals surface area contributed by atoms with Gasteiger partial charge in [0.1, 0.15) is 5.15 Å². The van der Waals surface area contributed by atoms with E-state index in [1.54, 1.807) is 0 Å². The van der Waals surface area contributed by atoms with E-state index in [-0.39, 0.29) is 23.0 Å². The summed E-state index contributed by atoms with van der Waals surface area (Å²) in [5.74, 6) is 0.103. The fraction of sp³-hybridized carbons (Fsp3) is 0.333. The van der Waals surface area contributed by atoms with E-state index >= 15 is 0 Å². The predicted molar refractivity (Wildman–Crippen MR) is 50.1 cm³/mol. The minimum absolute atomic E-state index is 0.0485. The van der Waals surface area contributed by atoms with Crippen LogP contribution in [-0.4, -0.2) is 12.1 Å². The van der Waals surface area contributed by atoms with Crippen LogP contribution in [0.3, 0.4) is 0 Å². The van der Waals surface area contributed by atoms with Gasteiger partial charge in [-0.3, -0.25) is 0 Å². The predicted octanol–water partition coefficient (Wildman–Crippen LogP) is 2.75. The first-order chi connectivity index (χ1) is 7.10. The van der Waals surface area contributed by atoms with Crippen LogP contribution >= 0.6 is 11.6 Å². The largest absolute Gasteiger partial charge is 0.481 e. The lowest BCUT2D eigenvalue weighted by atomic mass is 10.1. The number of pyridine rings is 1. The number of nitrogens with zero attached hydrogens (tertiary/aromatic N) is 2. The maximum Gasteiger partial charge on any atom is 0.266 e. The highest BCUT2D eigenvalue weighted by molar-refractivity contribution is 6.30. The third kappa shape index (κ3) is 2.54. The van der Waals surface area contributed by atoms with Crippen LogP contribution in [0.15, 0.2) is 6.07 Å². The molecule has 0 amide bonds. The van der Waals surface area contributed by atoms with Crippen molar-refractivity contribution in [3.63, 3.8) is 0 Å². The summed E-state index contributed by atoms with van der Waals surface area (Å²) < 4.78 is 29.7. The zero-order valence-corrected chi connectivity index (χ0v) is 8.55. The molecule has 1 rings (SSSR count). The highest BCUT2D eigenvalue weighted by Gasteiger charge is 2.17. The first-order valence-corrected chi connectivity index (χ1v) is 4.36. The lowest BCUT2D eigenvalue weighted by Gasteiger charge is -2.08. The maximum absolute atomic E-state index is 12.4. The second-order valence-electron chi connectivity index (χ2n) is 2.67. The topological polar surface area (TPSA) is 45.9 Å². The number of alkyl halides is 2. The number of methoxy groups -OCH3 is 1. The molecule has 0 radical (unpaired) electrons. The van der Waals surface area contributed by atoms with Crippen LogP contribution in [0, 0.1) is 11.3 Å². The van der Waals surface area contributed by atoms with Gasteiger partial charge in [0.25, 0.3) is 6.43 Å². The molecule has 0 spiro atoms. The molecule has 0 aliphatic heterocycles. The molecular weight excluding hydrogens is 226 g/mol. The normalized spacial score (nSPS) is 10.1. The van der Waals surface area contributed by atoms with Gasteiger partial charge in [-0.1, -0.05) is 11.6 Å². The third-order valence-electron chi connectivity index (χ3n) is 1.74. The number of aromatic nitrogens is 1. The molecule has 3 nitrogen and oxygen atoms in total. The van der Waals surface area contributed by atoms with Crippen LogP contribution in [0.4, 0.5) is 8.78 Å². The average molecular weight is 233 g/mol. The molecule has 1 heterocycles. The molecule has 1 aromatic rings. The SMILES string of the molecule is COc1nc(Cl)c(C(F)F)cc1CC#N. The quantitative estimate of drug-likeness (QED) is 0.753. The maximum atomic E-state index is 12.4. The van der Waals surface area contributed by atoms with E-state index in [4.69, 9.17) is 21.6 Å². The number of ether oxygens (including phenoxy) is 1. The summed E-state index contributed by atoms with van der Waals surface area (Å²) in [6.45, 7) is 0. The second-order valence-corrected chi connectivity index (χ2v) is 3.03. The van der Waals surface area contributed by atoms with Gasteiger partial charge in [0, 0.05) is 5.56 Å². The Labute approximate surface area is 90.3 Å². The van der Waals surface area contributed by atoms with Crippen molar-refractivity contribution in [1.29, 1.82) is 5.26 Å². The molecule has 0 atom stereocenters. The van der Waals surface area contributed by atoms with Crippen molar-refractivity contribution in [3.8, 4) is 11.9 Å². The Morgan fingerprint density at radius 2 is 2.33 bits per heavy atom. The Bertz CT molecular complexity index is 404. The lowest BCUT2D eigenvalue weighted by Crippen LogP contribution is -1.99. The molecule has 0 saturated heterocycles. The van der Waals surface area contributed by atoms with E-state index in [0.717, 1.165) is 6.07 Å². The smallest absolute Gasteiger partial charge is 0.266 e. The molecule has 0 aliphatic rings. The summed E-state index contributed by atoms with van der Waals surface area (Å²) in [5, 5.41) is 8.18. The fourth-order valence-electron chi connectivity index (χ4n) is 1.08. The van der Waals surface area contributed by atoms with Crippen molar-refractivity contribution >= 4 is 11.6 Å². The number of halogens is 3. The van der Waals surface area contributed by atoms with Crippen LogP contribution in [0.25, 0.3) is 0 Å². The van der Waals surface area contributed by atoms with Gasteiger partial charge in [0.15, 0.2) is 0 Å². The lowest BCUT2D eigenvalue weighted by molar-refractivity contribution is 0.151. The van der Waals surface area contributed by atoms with E-state index in [2.05, 4.69) is 4.98 Å². The minimum Gasteiger partial charge on any atom is -0.481 e. The molecule has 0 unspecified atom stereocenters. The van der Waals surface area contributed by atoms with Crippen LogP contribution in [0.2, 0.25) is 5.15 Å². The molecule has 1 aromatic heterocycles. The summed E-state index contributed by atoms with van der Waals surface area (Å²) in [6, 6.07) is 2.98. The van der Waals surface area contributed by atoms with Crippen molar-refractivity contribution in [2.45, 2.75) is 12.8 Å². The zero-order chi connectivity index (χ0) is 11.4. The standard InChI is InChI=1S/C9H7ClF2N2O/c1-15-9-5(2-3-13)4-6(8(11)12)7(10)14-9/h4,8H,2H2,1H3. The van der Waals surface area contributed by atoms with Crippen molar-refractivity contribution in [2.24, 2.45) is 0 Å². The first-order valence-electron chi connectivity index (χ1n) is 3.98. The average Bonchev–Trinajstić information content (AvgIpc) is 2.20. The molecule has 80 valence electrons. The molecular formula is C9H7ClF2N2O. The third-order valence-corrected chi connectivity index (χ3v) is 2.04. The molecule has 6 heteroatoms. The molecule has 0 N–H and O–H groups in total. The van der Waals surface area contributed by atoms with E-state index in [9.17, 15) is 8.78 Å². The number of hydrogen-bond acceptors (Lipinski definition) is 3. The Hall–Kier alpha value is -1.41. The summed E-state index contributed by atoms with van der Waals surface area (Å²) in [6.07, 6.45) is -2.76. The van der Waals surface area contributed by atoms with Gasteiger partial charge in [-0.05, 0) is 6.07 Å². The Morgan fingerprint density at radius 3 is 2.80 bits per heavy atom. The van der Waals surface area contributed by atoms with Crippen LogP contribution in [0.1, 0.15) is 17.6 Å². The van der Waals surface area contributed by atoms with E-state index < -0.39 is 6.43 Å². The summed E-state index contributed by atoms with van der Waals surface area (Å²) in [7, 11) is 1.33. The summed E-state index contributed by atoms with van der Waals surface area (Å²) in [5.41, 5.74) is -0.0811. The molecule has 0 aromatic carbocycles. The monoisotopic (exact) mass is 232 g/mol. The molecule has 15 heavy (non-hydrogen) atoms. The van der Waals surface area contributed by atoms with Crippen LogP contribution in [0.5, 0.6) is 5.88 Å². The van der Waals surface area contributed by atoms with E-state index in [1.807, 2.05) is 6.07 Å². The second kappa shape index (κ2) is 4.89. The van der Waals surface area contributed by atoms with Gasteiger partial charge >= 0.3 is 0 Å². The van der Waals surface area contributed by atoms with E-state index in [1.165, 1.54) is 7.11 Å². The fourth-order valence-corrected chi connectivity index (χ4v) is 1.29. The highest BCUT2D eigenvalue weighted by atomic mass is 35.5. The number of nitriles is 1. The molecule has 0 fully saturated rings. The van der Waals surface area contributed by atoms with Gasteiger partial charge in [-0.2, -0.15) is 5.26 Å². The highest BCUT2D eigenvalue weighted by Crippen LogP contribution is 2.30. The van der Waals surface area contributed by atoms with Gasteiger partial charge in [-0.15, -0.1) is 0 Å². The van der Waals surface area contributed by atoms with Crippen molar-refractivity contribution in [1.82, 2.24) is 4.98 Å². The van der Waals surface area contributed by atoms with Gasteiger partial charge < -0.3 is 4.74 Å². The van der Waals surface area contributed by atoms with Crippen molar-refractivity contribution in [2.75, 3.05) is 7.11 Å². The molecule has 0 aliphatic carbocycles. The first kappa shape index (κ1) is 11.7. The van der Waals surface area contributed by atoms with Gasteiger partial charge in [0.05, 0.1) is 25.2 Å². The van der Waals surface area contributed by atoms with Gasteiger partial charge in [-0.25, -0.2) is 13.8 Å².